The van der Waals surface area contributed by atoms with Gasteiger partial charge in [-0.1, -0.05) is 13.8 Å². The van der Waals surface area contributed by atoms with E-state index in [0.29, 0.717) is 10.8 Å². The number of nitrogens with one attached hydrogen (secondary N) is 1. The van der Waals surface area contributed by atoms with Gasteiger partial charge < -0.3 is 5.73 Å². The molecule has 0 amide bonds. The molecule has 1 aromatic heterocycles. The Hall–Kier alpha value is -0.660. The fourth-order valence-electron chi connectivity index (χ4n) is 1.16. The lowest BCUT2D eigenvalue weighted by Gasteiger charge is -2.07. The van der Waals surface area contributed by atoms with Gasteiger partial charge in [0.2, 0.25) is 10.0 Å². The molecule has 7 heteroatoms. The molecule has 0 fully saturated rings. The van der Waals surface area contributed by atoms with Crippen LogP contribution in [0.1, 0.15) is 32.5 Å². The van der Waals surface area contributed by atoms with E-state index in [1.165, 1.54) is 11.3 Å². The largest absolute Gasteiger partial charge is 0.323 e. The number of aromatic nitrogens is 1. The molecular weight excluding hydrogens is 246 g/mol. The molecule has 1 rings (SSSR count). The number of hydrogen-bond donors (Lipinski definition) is 2. The minimum Gasteiger partial charge on any atom is -0.323 e. The van der Waals surface area contributed by atoms with E-state index >= 15 is 0 Å². The van der Waals surface area contributed by atoms with E-state index in [4.69, 9.17) is 5.73 Å². The van der Waals surface area contributed by atoms with Crippen LogP contribution >= 0.6 is 11.3 Å². The number of anilines is 1. The number of thiazole rings is 1. The molecule has 16 heavy (non-hydrogen) atoms. The molecule has 0 aliphatic heterocycles. The Kier molecular flexibility index (Phi) is 4.28. The Morgan fingerprint density at radius 1 is 1.50 bits per heavy atom. The topological polar surface area (TPSA) is 85.1 Å². The fourth-order valence-corrected chi connectivity index (χ4v) is 3.66. The van der Waals surface area contributed by atoms with E-state index in [9.17, 15) is 8.42 Å². The first-order valence-corrected chi connectivity index (χ1v) is 7.55. The van der Waals surface area contributed by atoms with E-state index < -0.39 is 10.0 Å². The second-order valence-corrected chi connectivity index (χ2v) is 6.77. The van der Waals surface area contributed by atoms with E-state index in [1.54, 1.807) is 12.3 Å². The Bertz CT molecular complexity index is 437. The van der Waals surface area contributed by atoms with Crippen molar-refractivity contribution >= 4 is 26.5 Å². The van der Waals surface area contributed by atoms with Crippen LogP contribution in [0, 0.1) is 5.92 Å². The maximum atomic E-state index is 11.6. The lowest BCUT2D eigenvalue weighted by atomic mass is 10.3. The average molecular weight is 263 g/mol. The molecule has 1 aromatic rings. The summed E-state index contributed by atoms with van der Waals surface area (Å²) in [6, 6.07) is -0.181. The minimum atomic E-state index is -3.29. The number of nitrogens with two attached hydrogens (primary N) is 1. The van der Waals surface area contributed by atoms with Crippen LogP contribution in [0.3, 0.4) is 0 Å². The van der Waals surface area contributed by atoms with Gasteiger partial charge in [0.1, 0.15) is 0 Å². The van der Waals surface area contributed by atoms with Crippen molar-refractivity contribution in [3.63, 3.8) is 0 Å². The highest BCUT2D eigenvalue weighted by Gasteiger charge is 2.15. The van der Waals surface area contributed by atoms with Crippen molar-refractivity contribution in [2.24, 2.45) is 11.7 Å². The first-order valence-electron chi connectivity index (χ1n) is 5.01. The van der Waals surface area contributed by atoms with Crippen LogP contribution in [0.15, 0.2) is 5.38 Å². The van der Waals surface area contributed by atoms with E-state index in [-0.39, 0.29) is 17.7 Å². The number of rotatable bonds is 5. The summed E-state index contributed by atoms with van der Waals surface area (Å²) in [5, 5.41) is 2.14. The van der Waals surface area contributed by atoms with Gasteiger partial charge >= 0.3 is 0 Å². The molecule has 0 bridgehead atoms. The summed E-state index contributed by atoms with van der Waals surface area (Å²) < 4.78 is 25.7. The van der Waals surface area contributed by atoms with Crippen molar-refractivity contribution in [1.29, 1.82) is 0 Å². The van der Waals surface area contributed by atoms with Crippen LogP contribution in [-0.4, -0.2) is 19.2 Å². The summed E-state index contributed by atoms with van der Waals surface area (Å²) >= 11 is 1.25. The van der Waals surface area contributed by atoms with Gasteiger partial charge in [-0.2, -0.15) is 0 Å². The van der Waals surface area contributed by atoms with Crippen LogP contribution < -0.4 is 10.5 Å². The third-order valence-corrected chi connectivity index (χ3v) is 4.30. The van der Waals surface area contributed by atoms with E-state index in [0.717, 1.165) is 0 Å². The molecule has 0 saturated heterocycles. The van der Waals surface area contributed by atoms with Crippen molar-refractivity contribution in [3.8, 4) is 0 Å². The fraction of sp³-hybridized carbons (Fsp3) is 0.667. The van der Waals surface area contributed by atoms with Crippen molar-refractivity contribution in [1.82, 2.24) is 4.98 Å². The molecule has 1 heterocycles. The van der Waals surface area contributed by atoms with Crippen LogP contribution in [0.4, 0.5) is 5.13 Å². The minimum absolute atomic E-state index is 0.0883. The summed E-state index contributed by atoms with van der Waals surface area (Å²) in [4.78, 5) is 4.11. The second kappa shape index (κ2) is 5.11. The van der Waals surface area contributed by atoms with E-state index in [1.807, 2.05) is 13.8 Å². The maximum Gasteiger partial charge on any atom is 0.234 e. The molecule has 5 nitrogen and oxygen atoms in total. The van der Waals surface area contributed by atoms with Gasteiger partial charge in [-0.05, 0) is 12.8 Å². The lowest BCUT2D eigenvalue weighted by Crippen LogP contribution is -2.20. The number of hydrogen-bond acceptors (Lipinski definition) is 5. The molecule has 0 aromatic carbocycles. The van der Waals surface area contributed by atoms with Gasteiger partial charge in [0.05, 0.1) is 11.4 Å². The third kappa shape index (κ3) is 4.07. The molecule has 0 spiro atoms. The van der Waals surface area contributed by atoms with Crippen molar-refractivity contribution in [2.45, 2.75) is 26.8 Å². The zero-order valence-corrected chi connectivity index (χ0v) is 11.2. The highest BCUT2D eigenvalue weighted by Crippen LogP contribution is 2.20. The quantitative estimate of drug-likeness (QED) is 0.844. The Morgan fingerprint density at radius 2 is 2.12 bits per heavy atom. The number of sulfonamides is 1. The molecule has 0 saturated carbocycles. The predicted molar refractivity (Wildman–Crippen MR) is 67.0 cm³/mol. The highest BCUT2D eigenvalue weighted by atomic mass is 32.2. The van der Waals surface area contributed by atoms with Crippen LogP contribution in [0.5, 0.6) is 0 Å². The van der Waals surface area contributed by atoms with Crippen molar-refractivity contribution in [3.05, 3.63) is 11.1 Å². The molecule has 3 N–H and O–H groups in total. The summed E-state index contributed by atoms with van der Waals surface area (Å²) in [6.45, 7) is 5.52. The molecule has 0 aliphatic carbocycles. The first kappa shape index (κ1) is 13.4. The van der Waals surface area contributed by atoms with Crippen LogP contribution in [0.2, 0.25) is 0 Å². The average Bonchev–Trinajstić information content (AvgIpc) is 2.48. The Morgan fingerprint density at radius 3 is 2.56 bits per heavy atom. The zero-order valence-electron chi connectivity index (χ0n) is 9.60. The first-order chi connectivity index (χ1) is 7.30. The second-order valence-electron chi connectivity index (χ2n) is 4.14. The molecule has 1 atom stereocenters. The smallest absolute Gasteiger partial charge is 0.234 e. The zero-order chi connectivity index (χ0) is 12.3. The maximum absolute atomic E-state index is 11.6. The summed E-state index contributed by atoms with van der Waals surface area (Å²) in [7, 11) is -3.29. The van der Waals surface area contributed by atoms with E-state index in [2.05, 4.69) is 9.71 Å². The summed E-state index contributed by atoms with van der Waals surface area (Å²) in [5.41, 5.74) is 6.34. The predicted octanol–water partition coefficient (Wildman–Crippen LogP) is 1.56. The van der Waals surface area contributed by atoms with Crippen LogP contribution in [0.25, 0.3) is 0 Å². The highest BCUT2D eigenvalue weighted by molar-refractivity contribution is 7.92. The SMILES string of the molecule is CC(C)CS(=O)(=O)Nc1nc(C(C)N)cs1. The van der Waals surface area contributed by atoms with Gasteiger partial charge in [0.25, 0.3) is 0 Å². The van der Waals surface area contributed by atoms with Crippen molar-refractivity contribution in [2.75, 3.05) is 10.5 Å². The monoisotopic (exact) mass is 263 g/mol. The van der Waals surface area contributed by atoms with Gasteiger partial charge in [-0.3, -0.25) is 4.72 Å². The molecule has 1 unspecified atom stereocenters. The molecule has 0 radical (unpaired) electrons. The Balaban J connectivity index is 2.73. The molecule has 92 valence electrons. The van der Waals surface area contributed by atoms with Gasteiger partial charge in [-0.25, -0.2) is 13.4 Å². The lowest BCUT2D eigenvalue weighted by molar-refractivity contribution is 0.587. The summed E-state index contributed by atoms with van der Waals surface area (Å²) in [6.07, 6.45) is 0. The normalized spacial score (nSPS) is 14.1. The standard InChI is InChI=1S/C9H17N3O2S2/c1-6(2)5-16(13,14)12-9-11-8(4-15-9)7(3)10/h4,6-7H,5,10H2,1-3H3,(H,11,12). The van der Waals surface area contributed by atoms with Gasteiger partial charge in [-0.15, -0.1) is 11.3 Å². The summed E-state index contributed by atoms with van der Waals surface area (Å²) in [5.74, 6) is 0.186. The van der Waals surface area contributed by atoms with Gasteiger partial charge in [0, 0.05) is 11.4 Å². The molecular formula is C9H17N3O2S2. The van der Waals surface area contributed by atoms with Crippen LogP contribution in [-0.2, 0) is 10.0 Å². The number of nitrogens with zero attached hydrogens (tertiary/aromatic N) is 1. The Labute approximate surface area is 100 Å². The van der Waals surface area contributed by atoms with Gasteiger partial charge in [0.15, 0.2) is 5.13 Å². The third-order valence-electron chi connectivity index (χ3n) is 1.78. The molecule has 0 aliphatic rings. The van der Waals surface area contributed by atoms with Crippen molar-refractivity contribution < 1.29 is 8.42 Å².